The Kier molecular flexibility index (Phi) is 94.8. The van der Waals surface area contributed by atoms with Crippen LogP contribution in [0.3, 0.4) is 0 Å². The van der Waals surface area contributed by atoms with Gasteiger partial charge in [-0.05, 0) is 0 Å². The fourth-order valence-corrected chi connectivity index (χ4v) is 0.742. The molecule has 0 saturated heterocycles. The number of aliphatic carboxylic acids is 3. The average molecular weight is 603 g/mol. The number of hydrogen-bond acceptors (Lipinski definition) is 4. The van der Waals surface area contributed by atoms with E-state index in [4.69, 9.17) is 15.3 Å². The molecule has 0 aliphatic carbocycles. The maximum atomic E-state index is 10.1. The monoisotopic (exact) mass is 599 g/mol. The summed E-state index contributed by atoms with van der Waals surface area (Å²) in [5.74, 6) is -3.78. The molecule has 106 valence electrons. The first kappa shape index (κ1) is 56.2. The number of carboxylic acids is 3. The molecule has 0 aromatic heterocycles. The zero-order valence-corrected chi connectivity index (χ0v) is 26.5. The molecule has 15 heteroatoms. The van der Waals surface area contributed by atoms with Gasteiger partial charge >= 0.3 is 136 Å². The molecule has 3 N–H and O–H groups in total. The molecule has 21 heavy (non-hydrogen) atoms. The molecule has 0 aromatic carbocycles. The van der Waals surface area contributed by atoms with Crippen LogP contribution in [0.2, 0.25) is 0 Å². The Hall–Kier alpha value is 4.29. The van der Waals surface area contributed by atoms with Gasteiger partial charge in [-0.2, -0.15) is 0 Å². The van der Waals surface area contributed by atoms with E-state index in [0.29, 0.717) is 0 Å². The molecule has 0 fully saturated rings. The van der Waals surface area contributed by atoms with Crippen molar-refractivity contribution in [1.82, 2.24) is 4.90 Å². The van der Waals surface area contributed by atoms with Crippen molar-refractivity contribution in [3.8, 4) is 0 Å². The molecule has 0 rings (SSSR count). The summed E-state index contributed by atoms with van der Waals surface area (Å²) in [6, 6.07) is 0. The summed E-state index contributed by atoms with van der Waals surface area (Å²) in [7, 11) is 0. The largest absolute Gasteiger partial charge is 1.00 e. The Morgan fingerprint density at radius 1 is 0.571 bits per heavy atom. The molecule has 0 heterocycles. The molecule has 0 bridgehead atoms. The normalized spacial score (nSPS) is 6.14. The van der Waals surface area contributed by atoms with Gasteiger partial charge in [0, 0.05) is 0 Å². The molecule has 0 aromatic rings. The average Bonchev–Trinajstić information content (AvgIpc) is 1.80. The zero-order valence-electron chi connectivity index (χ0n) is 12.1. The van der Waals surface area contributed by atoms with Crippen LogP contribution in [0.1, 0.15) is 0 Å². The number of carboxylic acid groups (broad SMARTS) is 3. The fraction of sp³-hybridized carbons (Fsp3) is 0.500. The molecule has 0 aliphatic heterocycles. The quantitative estimate of drug-likeness (QED) is 0.259. The molecule has 0 atom stereocenters. The second-order valence-electron chi connectivity index (χ2n) is 2.33. The molecule has 0 amide bonds. The van der Waals surface area contributed by atoms with E-state index in [2.05, 4.69) is 0 Å². The van der Waals surface area contributed by atoms with E-state index < -0.39 is 37.5 Å². The summed E-state index contributed by atoms with van der Waals surface area (Å²) in [5, 5.41) is 24.8. The number of nitrogens with zero attached hydrogens (tertiary/aromatic N) is 1. The van der Waals surface area contributed by atoms with E-state index >= 15 is 0 Å². The topological polar surface area (TPSA) is 115 Å². The minimum Gasteiger partial charge on any atom is -1.00 e. The second kappa shape index (κ2) is 35.4. The van der Waals surface area contributed by atoms with E-state index in [1.165, 1.54) is 0 Å². The maximum Gasteiger partial charge on any atom is 1.00 e. The number of halogens is 4. The van der Waals surface area contributed by atoms with E-state index in [1.807, 2.05) is 0 Å². The zero-order chi connectivity index (χ0) is 10.4. The van der Waals surface area contributed by atoms with Gasteiger partial charge in [0.25, 0.3) is 0 Å². The van der Waals surface area contributed by atoms with Gasteiger partial charge in [-0.1, -0.05) is 0 Å². The van der Waals surface area contributed by atoms with Crippen LogP contribution in [0.15, 0.2) is 0 Å². The third-order valence-corrected chi connectivity index (χ3v) is 1.08. The van der Waals surface area contributed by atoms with Gasteiger partial charge in [0.05, 0.1) is 19.6 Å². The van der Waals surface area contributed by atoms with E-state index in [-0.39, 0.29) is 186 Å². The van der Waals surface area contributed by atoms with Crippen molar-refractivity contribution >= 4 is 17.9 Å². The summed E-state index contributed by atoms with van der Waals surface area (Å²) < 4.78 is 0. The third-order valence-electron chi connectivity index (χ3n) is 1.08. The summed E-state index contributed by atoms with van der Waals surface area (Å²) in [4.78, 5) is 31.2. The third kappa shape index (κ3) is 45.5. The van der Waals surface area contributed by atoms with Gasteiger partial charge < -0.3 is 83.2 Å². The van der Waals surface area contributed by atoms with E-state index in [0.717, 1.165) is 4.90 Å². The number of hydrogen-bond donors (Lipinski definition) is 3. The Morgan fingerprint density at radius 2 is 0.714 bits per heavy atom. The number of carbonyl (C=O) groups is 3. The fourth-order valence-electron chi connectivity index (χ4n) is 0.742. The molecule has 0 aliphatic rings. The summed E-state index contributed by atoms with van der Waals surface area (Å²) in [6.07, 6.45) is 0. The predicted molar refractivity (Wildman–Crippen MR) is 39.3 cm³/mol. The first-order valence-electron chi connectivity index (χ1n) is 3.29. The van der Waals surface area contributed by atoms with Crippen LogP contribution in [0.5, 0.6) is 0 Å². The van der Waals surface area contributed by atoms with Crippen LogP contribution >= 0.6 is 0 Å². The molecular formula is C6H9Br4NNa4O6. The Balaban J connectivity index is -0.0000000257. The molecule has 0 saturated carbocycles. The molecular weight excluding hydrogens is 594 g/mol. The minimum absolute atomic E-state index is 0. The molecule has 0 radical (unpaired) electrons. The van der Waals surface area contributed by atoms with Crippen LogP contribution < -0.4 is 186 Å². The van der Waals surface area contributed by atoms with Crippen molar-refractivity contribution in [2.45, 2.75) is 0 Å². The van der Waals surface area contributed by atoms with Crippen LogP contribution in [-0.4, -0.2) is 57.8 Å². The van der Waals surface area contributed by atoms with Crippen molar-refractivity contribution in [3.63, 3.8) is 0 Å². The minimum atomic E-state index is -1.26. The van der Waals surface area contributed by atoms with Crippen LogP contribution in [-0.2, 0) is 14.4 Å². The molecule has 0 spiro atoms. The number of rotatable bonds is 6. The van der Waals surface area contributed by atoms with Gasteiger partial charge in [0.1, 0.15) is 0 Å². The van der Waals surface area contributed by atoms with Crippen LogP contribution in [0.4, 0.5) is 0 Å². The molecule has 7 nitrogen and oxygen atoms in total. The first-order chi connectivity index (χ1) is 5.91. The maximum absolute atomic E-state index is 10.1. The molecule has 0 unspecified atom stereocenters. The Bertz CT molecular complexity index is 215. The van der Waals surface area contributed by atoms with Crippen molar-refractivity contribution in [1.29, 1.82) is 0 Å². The summed E-state index contributed by atoms with van der Waals surface area (Å²) in [5.41, 5.74) is 0. The van der Waals surface area contributed by atoms with Gasteiger partial charge in [0.2, 0.25) is 0 Å². The van der Waals surface area contributed by atoms with E-state index in [9.17, 15) is 14.4 Å². The Morgan fingerprint density at radius 3 is 0.810 bits per heavy atom. The SMILES string of the molecule is O=C(O)CN(CC(=O)O)CC(=O)O.[Br-].[Br-].[Br-].[Br-].[Na+].[Na+].[Na+].[Na+]. The van der Waals surface area contributed by atoms with E-state index in [1.54, 1.807) is 0 Å². The van der Waals surface area contributed by atoms with Gasteiger partial charge in [-0.3, -0.25) is 19.3 Å². The van der Waals surface area contributed by atoms with Gasteiger partial charge in [-0.15, -0.1) is 0 Å². The predicted octanol–water partition coefficient (Wildman–Crippen LogP) is -25.4. The van der Waals surface area contributed by atoms with Gasteiger partial charge in [-0.25, -0.2) is 0 Å². The van der Waals surface area contributed by atoms with Crippen LogP contribution in [0.25, 0.3) is 0 Å². The van der Waals surface area contributed by atoms with Crippen molar-refractivity contribution in [3.05, 3.63) is 0 Å². The summed E-state index contributed by atoms with van der Waals surface area (Å²) >= 11 is 0. The Labute approximate surface area is 253 Å². The van der Waals surface area contributed by atoms with Crippen molar-refractivity contribution in [2.24, 2.45) is 0 Å². The second-order valence-corrected chi connectivity index (χ2v) is 2.33. The smallest absolute Gasteiger partial charge is 1.00 e. The summed E-state index contributed by atoms with van der Waals surface area (Å²) in [6.45, 7) is -1.80. The first-order valence-corrected chi connectivity index (χ1v) is 3.29. The van der Waals surface area contributed by atoms with Crippen LogP contribution in [0, 0.1) is 0 Å². The van der Waals surface area contributed by atoms with Crippen molar-refractivity contribution < 1.29 is 216 Å². The van der Waals surface area contributed by atoms with Crippen molar-refractivity contribution in [2.75, 3.05) is 19.6 Å². The van der Waals surface area contributed by atoms with Gasteiger partial charge in [0.15, 0.2) is 0 Å². The standard InChI is InChI=1S/C6H9NO6.4BrH.4Na/c8-4(9)1-7(2-5(10)11)3-6(12)13;;;;;;;;/h1-3H2,(H,8,9)(H,10,11)(H,12,13);4*1H;;;;/q;;;;;4*+1/p-4.